The minimum atomic E-state index is -0.266. The Morgan fingerprint density at radius 2 is 1.67 bits per heavy atom. The normalized spacial score (nSPS) is 11.8. The number of methoxy groups -OCH3 is 2. The third kappa shape index (κ3) is 8.33. The number of ether oxygens (including phenoxy) is 2. The van der Waals surface area contributed by atoms with Crippen LogP contribution in [0.5, 0.6) is 11.5 Å². The lowest BCUT2D eigenvalue weighted by molar-refractivity contribution is -0.142. The molecule has 0 saturated carbocycles. The minimum absolute atomic E-state index is 0.0119. The Hall–Kier alpha value is -3.32. The summed E-state index contributed by atoms with van der Waals surface area (Å²) in [5.41, 5.74) is 3.22. The Morgan fingerprint density at radius 1 is 0.949 bits per heavy atom. The van der Waals surface area contributed by atoms with E-state index in [-0.39, 0.29) is 30.2 Å². The summed E-state index contributed by atoms with van der Waals surface area (Å²) in [5.74, 6) is 1.29. The molecule has 3 rings (SSSR count). The van der Waals surface area contributed by atoms with Crippen molar-refractivity contribution in [1.82, 2.24) is 9.80 Å². The fraction of sp³-hybridized carbons (Fsp3) is 0.438. The lowest BCUT2D eigenvalue weighted by Gasteiger charge is -2.31. The third-order valence-corrected chi connectivity index (χ3v) is 7.91. The van der Waals surface area contributed by atoms with Gasteiger partial charge in [0.05, 0.1) is 33.2 Å². The highest BCUT2D eigenvalue weighted by atomic mass is 32.1. The molecular weight excluding hydrogens is 508 g/mol. The van der Waals surface area contributed by atoms with E-state index >= 15 is 0 Å². The van der Waals surface area contributed by atoms with Crippen LogP contribution >= 0.6 is 11.3 Å². The zero-order valence-corrected chi connectivity index (χ0v) is 24.9. The van der Waals surface area contributed by atoms with Crippen molar-refractivity contribution >= 4 is 23.2 Å². The molecule has 1 atom stereocenters. The highest BCUT2D eigenvalue weighted by Crippen LogP contribution is 2.28. The monoisotopic (exact) mass is 550 g/mol. The molecule has 1 unspecified atom stereocenters. The van der Waals surface area contributed by atoms with E-state index < -0.39 is 0 Å². The summed E-state index contributed by atoms with van der Waals surface area (Å²) in [6.07, 6.45) is 1.35. The quantitative estimate of drug-likeness (QED) is 0.236. The van der Waals surface area contributed by atoms with Crippen LogP contribution < -0.4 is 9.47 Å². The van der Waals surface area contributed by atoms with E-state index in [0.717, 1.165) is 16.0 Å². The van der Waals surface area contributed by atoms with Crippen molar-refractivity contribution in [3.8, 4) is 11.5 Å². The van der Waals surface area contributed by atoms with Gasteiger partial charge in [0.15, 0.2) is 11.5 Å². The number of aryl methyl sites for hydroxylation is 1. The zero-order valence-electron chi connectivity index (χ0n) is 24.1. The van der Waals surface area contributed by atoms with Crippen molar-refractivity contribution in [2.24, 2.45) is 5.92 Å². The molecule has 3 aromatic rings. The molecule has 1 aromatic heterocycles. The van der Waals surface area contributed by atoms with Crippen molar-refractivity contribution in [3.63, 3.8) is 0 Å². The van der Waals surface area contributed by atoms with Gasteiger partial charge in [-0.2, -0.15) is 0 Å². The standard InChI is InChI=1S/C32H42N2O4S/c1-7-27(26-11-9-8-10-12-26)32(36)34(20-23(2)3)22-31(35)33(21-30-24(4)16-18-39-30)17-15-25-13-14-28(37-5)29(19-25)38-6/h8-14,16,18-19,23,27H,7,15,17,20-22H2,1-6H3. The second-order valence-electron chi connectivity index (χ2n) is 10.3. The predicted molar refractivity (Wildman–Crippen MR) is 159 cm³/mol. The van der Waals surface area contributed by atoms with Gasteiger partial charge < -0.3 is 19.3 Å². The summed E-state index contributed by atoms with van der Waals surface area (Å²) in [5, 5.41) is 2.06. The van der Waals surface area contributed by atoms with E-state index in [1.165, 1.54) is 5.56 Å². The number of amides is 2. The van der Waals surface area contributed by atoms with Gasteiger partial charge in [-0.15, -0.1) is 11.3 Å². The largest absolute Gasteiger partial charge is 0.493 e. The van der Waals surface area contributed by atoms with Crippen molar-refractivity contribution in [1.29, 1.82) is 0 Å². The fourth-order valence-electron chi connectivity index (χ4n) is 4.73. The minimum Gasteiger partial charge on any atom is -0.493 e. The molecule has 2 amide bonds. The van der Waals surface area contributed by atoms with Crippen molar-refractivity contribution in [3.05, 3.63) is 81.5 Å². The van der Waals surface area contributed by atoms with E-state index in [1.807, 2.05) is 60.4 Å². The highest BCUT2D eigenvalue weighted by Gasteiger charge is 2.28. The Balaban J connectivity index is 1.82. The van der Waals surface area contributed by atoms with E-state index in [1.54, 1.807) is 30.5 Å². The Bertz CT molecular complexity index is 1210. The molecule has 6 nitrogen and oxygen atoms in total. The van der Waals surface area contributed by atoms with Crippen LogP contribution in [0.3, 0.4) is 0 Å². The van der Waals surface area contributed by atoms with Gasteiger partial charge >= 0.3 is 0 Å². The first-order valence-corrected chi connectivity index (χ1v) is 14.5. The van der Waals surface area contributed by atoms with Crippen molar-refractivity contribution in [2.75, 3.05) is 33.9 Å². The van der Waals surface area contributed by atoms with Crippen molar-refractivity contribution < 1.29 is 19.1 Å². The number of carbonyl (C=O) groups is 2. The first kappa shape index (κ1) is 30.2. The molecule has 0 saturated heterocycles. The van der Waals surface area contributed by atoms with E-state index in [2.05, 4.69) is 32.2 Å². The van der Waals surface area contributed by atoms with Gasteiger partial charge in [-0.05, 0) is 66.0 Å². The van der Waals surface area contributed by atoms with E-state index in [4.69, 9.17) is 9.47 Å². The first-order chi connectivity index (χ1) is 18.8. The Kier molecular flexibility index (Phi) is 11.4. The number of rotatable bonds is 14. The van der Waals surface area contributed by atoms with Crippen molar-refractivity contribution in [2.45, 2.75) is 53.0 Å². The van der Waals surface area contributed by atoms with Gasteiger partial charge in [-0.25, -0.2) is 0 Å². The highest BCUT2D eigenvalue weighted by molar-refractivity contribution is 7.10. The average molecular weight is 551 g/mol. The van der Waals surface area contributed by atoms with Crippen LogP contribution in [-0.2, 0) is 22.6 Å². The zero-order chi connectivity index (χ0) is 28.4. The molecule has 0 aliphatic carbocycles. The number of hydrogen-bond acceptors (Lipinski definition) is 5. The SMILES string of the molecule is CCC(C(=O)N(CC(=O)N(CCc1ccc(OC)c(OC)c1)Cc1sccc1C)CC(C)C)c1ccccc1. The van der Waals surface area contributed by atoms with Gasteiger partial charge in [-0.3, -0.25) is 9.59 Å². The summed E-state index contributed by atoms with van der Waals surface area (Å²) < 4.78 is 10.8. The summed E-state index contributed by atoms with van der Waals surface area (Å²) >= 11 is 1.66. The van der Waals surface area contributed by atoms with Crippen LogP contribution in [0.1, 0.15) is 54.7 Å². The Labute approximate surface area is 237 Å². The van der Waals surface area contributed by atoms with Crippen LogP contribution in [0.2, 0.25) is 0 Å². The molecule has 0 radical (unpaired) electrons. The summed E-state index contributed by atoms with van der Waals surface area (Å²) in [7, 11) is 3.24. The molecule has 0 bridgehead atoms. The molecular formula is C32H42N2O4S. The number of hydrogen-bond donors (Lipinski definition) is 0. The molecule has 7 heteroatoms. The second kappa shape index (κ2) is 14.7. The summed E-state index contributed by atoms with van der Waals surface area (Å²) in [6.45, 7) is 9.92. The maximum Gasteiger partial charge on any atom is 0.242 e. The van der Waals surface area contributed by atoms with Gasteiger partial charge in [0.1, 0.15) is 0 Å². The molecule has 210 valence electrons. The molecule has 0 spiro atoms. The van der Waals surface area contributed by atoms with Crippen LogP contribution in [0.15, 0.2) is 60.0 Å². The van der Waals surface area contributed by atoms with Crippen LogP contribution in [0, 0.1) is 12.8 Å². The van der Waals surface area contributed by atoms with Gasteiger partial charge in [0.2, 0.25) is 11.8 Å². The molecule has 0 fully saturated rings. The van der Waals surface area contributed by atoms with E-state index in [9.17, 15) is 9.59 Å². The van der Waals surface area contributed by atoms with Gasteiger partial charge in [0, 0.05) is 18.0 Å². The fourth-order valence-corrected chi connectivity index (χ4v) is 5.65. The number of carbonyl (C=O) groups excluding carboxylic acids is 2. The van der Waals surface area contributed by atoms with Gasteiger partial charge in [-0.1, -0.05) is 57.2 Å². The molecule has 0 aliphatic rings. The molecule has 0 N–H and O–H groups in total. The van der Waals surface area contributed by atoms with Crippen LogP contribution in [0.25, 0.3) is 0 Å². The lowest BCUT2D eigenvalue weighted by atomic mass is 9.94. The maximum absolute atomic E-state index is 13.9. The number of benzene rings is 2. The molecule has 2 aromatic carbocycles. The third-order valence-electron chi connectivity index (χ3n) is 6.91. The Morgan fingerprint density at radius 3 is 2.26 bits per heavy atom. The topological polar surface area (TPSA) is 59.1 Å². The predicted octanol–water partition coefficient (Wildman–Crippen LogP) is 6.32. The van der Waals surface area contributed by atoms with Crippen LogP contribution in [-0.4, -0.2) is 55.5 Å². The summed E-state index contributed by atoms with van der Waals surface area (Å²) in [6, 6.07) is 17.8. The summed E-state index contributed by atoms with van der Waals surface area (Å²) in [4.78, 5) is 32.5. The second-order valence-corrected chi connectivity index (χ2v) is 11.3. The van der Waals surface area contributed by atoms with E-state index in [0.29, 0.717) is 44.0 Å². The number of nitrogens with zero attached hydrogens (tertiary/aromatic N) is 2. The smallest absolute Gasteiger partial charge is 0.242 e. The molecule has 1 heterocycles. The van der Waals surface area contributed by atoms with Gasteiger partial charge in [0.25, 0.3) is 0 Å². The maximum atomic E-state index is 13.9. The average Bonchev–Trinajstić information content (AvgIpc) is 3.34. The molecule has 39 heavy (non-hydrogen) atoms. The number of thiophene rings is 1. The van der Waals surface area contributed by atoms with Crippen LogP contribution in [0.4, 0.5) is 0 Å². The lowest BCUT2D eigenvalue weighted by Crippen LogP contribution is -2.46. The molecule has 0 aliphatic heterocycles. The first-order valence-electron chi connectivity index (χ1n) is 13.6.